The predicted octanol–water partition coefficient (Wildman–Crippen LogP) is 5.66. The first-order chi connectivity index (χ1) is 24.1. The van der Waals surface area contributed by atoms with E-state index in [1.54, 1.807) is 12.1 Å². The Kier molecular flexibility index (Phi) is 8.49. The summed E-state index contributed by atoms with van der Waals surface area (Å²) in [5, 5.41) is 11.7. The van der Waals surface area contributed by atoms with E-state index in [-0.39, 0.29) is 41.4 Å². The lowest BCUT2D eigenvalue weighted by molar-refractivity contribution is -0.141. The lowest BCUT2D eigenvalue weighted by atomic mass is 9.50. The highest BCUT2D eigenvalue weighted by Gasteiger charge is 2.69. The van der Waals surface area contributed by atoms with Crippen molar-refractivity contribution in [2.75, 3.05) is 26.2 Å². The molecule has 10 heteroatoms. The van der Waals surface area contributed by atoms with Gasteiger partial charge in [0.05, 0.1) is 43.1 Å². The number of imide groups is 2. The van der Waals surface area contributed by atoms with Gasteiger partial charge in [-0.05, 0) is 67.5 Å². The SMILES string of the molecule is CCCN1C(=O)[C@H]2[C@H](CC=C3[C@H]2C[C@H]2C(=O)N(Nc4ccc(C)cc4)C(=O)[C@@]2(c2ccccc2)[C@H]3C=Cc2cc(OC)c(O)c(OC)c2)C1=O. The van der Waals surface area contributed by atoms with Crippen molar-refractivity contribution < 1.29 is 33.8 Å². The molecule has 4 aliphatic rings. The first-order valence-electron chi connectivity index (χ1n) is 17.1. The van der Waals surface area contributed by atoms with Gasteiger partial charge in [-0.3, -0.25) is 29.5 Å². The summed E-state index contributed by atoms with van der Waals surface area (Å²) < 4.78 is 10.8. The Bertz CT molecular complexity index is 1900. The lowest BCUT2D eigenvalue weighted by Gasteiger charge is -2.49. The van der Waals surface area contributed by atoms with E-state index in [1.165, 1.54) is 19.1 Å². The maximum Gasteiger partial charge on any atom is 0.260 e. The van der Waals surface area contributed by atoms with Crippen LogP contribution in [-0.2, 0) is 24.6 Å². The molecule has 2 saturated heterocycles. The molecule has 0 spiro atoms. The van der Waals surface area contributed by atoms with Crippen molar-refractivity contribution in [1.29, 1.82) is 0 Å². The zero-order chi connectivity index (χ0) is 35.3. The number of benzene rings is 3. The molecule has 4 amide bonds. The second kappa shape index (κ2) is 12.8. The van der Waals surface area contributed by atoms with E-state index in [4.69, 9.17) is 9.47 Å². The summed E-state index contributed by atoms with van der Waals surface area (Å²) in [6.45, 7) is 4.25. The zero-order valence-electron chi connectivity index (χ0n) is 28.6. The first-order valence-corrected chi connectivity index (χ1v) is 17.1. The van der Waals surface area contributed by atoms with Gasteiger partial charge in [0.15, 0.2) is 11.5 Å². The van der Waals surface area contributed by atoms with Crippen molar-refractivity contribution in [2.24, 2.45) is 29.6 Å². The highest BCUT2D eigenvalue weighted by atomic mass is 16.5. The van der Waals surface area contributed by atoms with Gasteiger partial charge < -0.3 is 14.6 Å². The number of carbonyl (C=O) groups excluding carboxylic acids is 4. The Hall–Kier alpha value is -5.38. The van der Waals surface area contributed by atoms with Gasteiger partial charge in [-0.15, -0.1) is 0 Å². The van der Waals surface area contributed by atoms with Crippen LogP contribution in [0.3, 0.4) is 0 Å². The zero-order valence-corrected chi connectivity index (χ0v) is 28.6. The van der Waals surface area contributed by atoms with Gasteiger partial charge in [-0.25, -0.2) is 0 Å². The molecule has 10 nitrogen and oxygen atoms in total. The second-order valence-corrected chi connectivity index (χ2v) is 13.6. The fraction of sp³-hybridized carbons (Fsp3) is 0.350. The number of phenolic OH excluding ortho intramolecular Hbond substituents is 1. The normalized spacial score (nSPS) is 27.3. The number of nitrogens with one attached hydrogen (secondary N) is 1. The van der Waals surface area contributed by atoms with Crippen molar-refractivity contribution in [3.8, 4) is 17.2 Å². The number of allylic oxidation sites excluding steroid dienone is 3. The average Bonchev–Trinajstić information content (AvgIpc) is 3.50. The van der Waals surface area contributed by atoms with E-state index >= 15 is 4.79 Å². The number of methoxy groups -OCH3 is 2. The molecule has 0 bridgehead atoms. The van der Waals surface area contributed by atoms with E-state index in [9.17, 15) is 19.5 Å². The van der Waals surface area contributed by atoms with Crippen LogP contribution in [-0.4, -0.2) is 59.4 Å². The summed E-state index contributed by atoms with van der Waals surface area (Å²) in [7, 11) is 2.90. The van der Waals surface area contributed by atoms with Gasteiger partial charge in [0.2, 0.25) is 17.6 Å². The van der Waals surface area contributed by atoms with Crippen LogP contribution in [0.5, 0.6) is 17.2 Å². The third-order valence-electron chi connectivity index (χ3n) is 11.0. The highest BCUT2D eigenvalue weighted by Crippen LogP contribution is 2.61. The minimum Gasteiger partial charge on any atom is -0.502 e. The van der Waals surface area contributed by atoms with Gasteiger partial charge in [0, 0.05) is 12.5 Å². The maximum absolute atomic E-state index is 15.1. The van der Waals surface area contributed by atoms with Crippen molar-refractivity contribution >= 4 is 35.4 Å². The largest absolute Gasteiger partial charge is 0.502 e. The molecule has 0 radical (unpaired) electrons. The quantitative estimate of drug-likeness (QED) is 0.220. The number of hydrazine groups is 1. The summed E-state index contributed by atoms with van der Waals surface area (Å²) in [6.07, 6.45) is 7.06. The smallest absolute Gasteiger partial charge is 0.260 e. The second-order valence-electron chi connectivity index (χ2n) is 13.6. The molecule has 7 rings (SSSR count). The average molecular weight is 676 g/mol. The molecular weight excluding hydrogens is 634 g/mol. The number of fused-ring (bicyclic) bond motifs is 4. The van der Waals surface area contributed by atoms with Crippen LogP contribution >= 0.6 is 0 Å². The van der Waals surface area contributed by atoms with E-state index in [0.29, 0.717) is 36.2 Å². The molecule has 3 fully saturated rings. The summed E-state index contributed by atoms with van der Waals surface area (Å²) in [4.78, 5) is 58.8. The summed E-state index contributed by atoms with van der Waals surface area (Å²) in [5.74, 6) is -3.89. The third kappa shape index (κ3) is 4.99. The highest BCUT2D eigenvalue weighted by molar-refractivity contribution is 6.13. The van der Waals surface area contributed by atoms with Crippen LogP contribution in [0.15, 0.2) is 84.5 Å². The molecule has 258 valence electrons. The van der Waals surface area contributed by atoms with E-state index in [2.05, 4.69) is 5.43 Å². The summed E-state index contributed by atoms with van der Waals surface area (Å²) in [5.41, 5.74) is 5.59. The monoisotopic (exact) mass is 675 g/mol. The molecule has 50 heavy (non-hydrogen) atoms. The number of likely N-dealkylation sites (tertiary alicyclic amines) is 1. The minimum absolute atomic E-state index is 0.137. The molecule has 6 atom stereocenters. The number of amides is 4. The fourth-order valence-corrected chi connectivity index (χ4v) is 8.72. The van der Waals surface area contributed by atoms with Crippen molar-refractivity contribution in [3.63, 3.8) is 0 Å². The van der Waals surface area contributed by atoms with Crippen LogP contribution in [0.4, 0.5) is 5.69 Å². The Morgan fingerprint density at radius 2 is 1.60 bits per heavy atom. The predicted molar refractivity (Wildman–Crippen MR) is 187 cm³/mol. The van der Waals surface area contributed by atoms with Crippen LogP contribution < -0.4 is 14.9 Å². The van der Waals surface area contributed by atoms with Crippen LogP contribution in [0.2, 0.25) is 0 Å². The van der Waals surface area contributed by atoms with Crippen molar-refractivity contribution in [2.45, 2.75) is 38.5 Å². The molecule has 3 aromatic carbocycles. The molecule has 2 heterocycles. The topological polar surface area (TPSA) is 125 Å². The number of hydrogen-bond acceptors (Lipinski definition) is 8. The molecule has 2 aliphatic heterocycles. The lowest BCUT2D eigenvalue weighted by Crippen LogP contribution is -2.54. The Balaban J connectivity index is 1.42. The first kappa shape index (κ1) is 33.1. The number of nitrogens with zero attached hydrogens (tertiary/aromatic N) is 2. The van der Waals surface area contributed by atoms with Gasteiger partial charge in [0.1, 0.15) is 0 Å². The number of carbonyl (C=O) groups is 4. The number of rotatable bonds is 9. The number of aryl methyl sites for hydroxylation is 1. The molecule has 2 aliphatic carbocycles. The number of anilines is 1. The van der Waals surface area contributed by atoms with Gasteiger partial charge in [0.25, 0.3) is 11.8 Å². The van der Waals surface area contributed by atoms with Crippen LogP contribution in [0, 0.1) is 36.5 Å². The number of hydrogen-bond donors (Lipinski definition) is 2. The van der Waals surface area contributed by atoms with Crippen molar-refractivity contribution in [1.82, 2.24) is 9.91 Å². The third-order valence-corrected chi connectivity index (χ3v) is 11.0. The molecule has 1 saturated carbocycles. The molecule has 3 aromatic rings. The van der Waals surface area contributed by atoms with Gasteiger partial charge >= 0.3 is 0 Å². The molecule has 0 aromatic heterocycles. The molecule has 0 unspecified atom stereocenters. The minimum atomic E-state index is -1.36. The Morgan fingerprint density at radius 3 is 2.24 bits per heavy atom. The Morgan fingerprint density at radius 1 is 0.920 bits per heavy atom. The number of ether oxygens (including phenoxy) is 2. The van der Waals surface area contributed by atoms with Crippen LogP contribution in [0.25, 0.3) is 6.08 Å². The van der Waals surface area contributed by atoms with E-state index in [0.717, 1.165) is 16.1 Å². The van der Waals surface area contributed by atoms with E-state index in [1.807, 2.05) is 86.7 Å². The maximum atomic E-state index is 15.1. The number of aromatic hydroxyl groups is 1. The number of phenols is 1. The van der Waals surface area contributed by atoms with Crippen LogP contribution in [0.1, 0.15) is 42.9 Å². The summed E-state index contributed by atoms with van der Waals surface area (Å²) in [6, 6.07) is 20.2. The summed E-state index contributed by atoms with van der Waals surface area (Å²) >= 11 is 0. The fourth-order valence-electron chi connectivity index (χ4n) is 8.72. The Labute approximate surface area is 291 Å². The van der Waals surface area contributed by atoms with Gasteiger partial charge in [-0.2, -0.15) is 5.01 Å². The van der Waals surface area contributed by atoms with Crippen molar-refractivity contribution in [3.05, 3.63) is 101 Å². The van der Waals surface area contributed by atoms with Gasteiger partial charge in [-0.1, -0.05) is 78.8 Å². The standard InChI is InChI=1S/C40H41N3O7/c1-5-19-42-36(45)28-17-16-27-29(34(28)38(42)47)22-31-37(46)43(41-26-14-11-23(2)12-15-26)39(48)40(31,25-9-7-6-8-10-25)30(27)18-13-24-20-32(49-3)35(44)33(21-24)50-4/h6-16,18,20-21,28-31,34,41,44H,5,17,19,22H2,1-4H3/t28-,29+,30-,31-,34-,40-/m0/s1. The molecular formula is C40H41N3O7. The molecule has 2 N–H and O–H groups in total. The van der Waals surface area contributed by atoms with E-state index < -0.39 is 40.9 Å².